The number of hydrogen-bond donors (Lipinski definition) is 3. The van der Waals surface area contributed by atoms with Gasteiger partial charge >= 0.3 is 23.9 Å². The topological polar surface area (TPSA) is 139 Å². The molecule has 32 heavy (non-hydrogen) atoms. The van der Waals surface area contributed by atoms with Crippen LogP contribution in [0.4, 0.5) is 0 Å². The Bertz CT molecular complexity index is 668. The first-order valence-electron chi connectivity index (χ1n) is 9.60. The van der Waals surface area contributed by atoms with E-state index in [0.717, 1.165) is 6.26 Å². The molecular formula is C18H30O10S4. The maximum atomic E-state index is 12.0. The van der Waals surface area contributed by atoms with Gasteiger partial charge in [-0.25, -0.2) is 8.42 Å². The number of thiol groups is 3. The van der Waals surface area contributed by atoms with Crippen molar-refractivity contribution in [3.05, 3.63) is 0 Å². The fraction of sp³-hybridized carbons (Fsp3) is 0.778. The number of carbonyl (C=O) groups is 4. The predicted molar refractivity (Wildman–Crippen MR) is 126 cm³/mol. The molecule has 0 heterocycles. The van der Waals surface area contributed by atoms with Crippen LogP contribution in [0.1, 0.15) is 25.7 Å². The Labute approximate surface area is 204 Å². The van der Waals surface area contributed by atoms with Gasteiger partial charge in [-0.3, -0.25) is 19.2 Å². The van der Waals surface area contributed by atoms with E-state index >= 15 is 0 Å². The molecule has 186 valence electrons. The largest absolute Gasteiger partial charge is 0.465 e. The standard InChI is InChI=1S/C18H30O10S4/c1-32(23,24)9-5-17(22)28-13-18(10-25-14(19)2-6-29,11-26-15(20)3-7-30)12-27-16(21)4-8-31/h29-31H,2-13H2,1H3. The van der Waals surface area contributed by atoms with Gasteiger partial charge < -0.3 is 18.9 Å². The lowest BCUT2D eigenvalue weighted by molar-refractivity contribution is -0.170. The molecule has 0 fully saturated rings. The van der Waals surface area contributed by atoms with Crippen molar-refractivity contribution < 1.29 is 46.5 Å². The average molecular weight is 535 g/mol. The molecule has 0 radical (unpaired) electrons. The molecule has 0 atom stereocenters. The summed E-state index contributed by atoms with van der Waals surface area (Å²) in [6, 6.07) is 0. The number of carbonyl (C=O) groups excluding carboxylic acids is 4. The molecule has 0 aromatic rings. The summed E-state index contributed by atoms with van der Waals surface area (Å²) in [4.78, 5) is 47.5. The van der Waals surface area contributed by atoms with E-state index in [2.05, 4.69) is 37.9 Å². The molecule has 0 aromatic carbocycles. The number of esters is 4. The van der Waals surface area contributed by atoms with Crippen LogP contribution < -0.4 is 0 Å². The van der Waals surface area contributed by atoms with Gasteiger partial charge in [0.2, 0.25) is 0 Å². The zero-order valence-electron chi connectivity index (χ0n) is 17.8. The highest BCUT2D eigenvalue weighted by Gasteiger charge is 2.38. The SMILES string of the molecule is CS(=O)(=O)CCC(=O)OCC(COC(=O)CCS)(COC(=O)CCS)COC(=O)CCS. The molecule has 10 nitrogen and oxygen atoms in total. The van der Waals surface area contributed by atoms with Crippen molar-refractivity contribution in [1.29, 1.82) is 0 Å². The number of ether oxygens (including phenoxy) is 4. The van der Waals surface area contributed by atoms with Gasteiger partial charge in [-0.1, -0.05) is 0 Å². The van der Waals surface area contributed by atoms with E-state index in [1.54, 1.807) is 0 Å². The smallest absolute Gasteiger partial charge is 0.306 e. The maximum Gasteiger partial charge on any atom is 0.306 e. The van der Waals surface area contributed by atoms with E-state index in [1.165, 1.54) is 0 Å². The summed E-state index contributed by atoms with van der Waals surface area (Å²) in [6.45, 7) is -1.62. The highest BCUT2D eigenvalue weighted by atomic mass is 32.2. The Morgan fingerprint density at radius 1 is 0.625 bits per heavy atom. The number of rotatable bonds is 17. The fourth-order valence-electron chi connectivity index (χ4n) is 2.02. The summed E-state index contributed by atoms with van der Waals surface area (Å²) in [5, 5.41) is 0. The normalized spacial score (nSPS) is 11.5. The first-order chi connectivity index (χ1) is 15.0. The van der Waals surface area contributed by atoms with Gasteiger partial charge in [0, 0.05) is 23.5 Å². The fourth-order valence-corrected chi connectivity index (χ4v) is 3.10. The zero-order valence-corrected chi connectivity index (χ0v) is 21.3. The van der Waals surface area contributed by atoms with Gasteiger partial charge in [-0.15, -0.1) is 0 Å². The zero-order chi connectivity index (χ0) is 24.6. The van der Waals surface area contributed by atoms with Gasteiger partial charge in [0.05, 0.1) is 31.4 Å². The molecule has 0 rings (SSSR count). The predicted octanol–water partition coefficient (Wildman–Crippen LogP) is 0.540. The second-order valence-corrected chi connectivity index (χ2v) is 10.5. The molecular weight excluding hydrogens is 504 g/mol. The van der Waals surface area contributed by atoms with Crippen molar-refractivity contribution in [3.63, 3.8) is 0 Å². The molecule has 0 aliphatic carbocycles. The Balaban J connectivity index is 5.48. The number of hydrogen-bond acceptors (Lipinski definition) is 13. The van der Waals surface area contributed by atoms with E-state index in [9.17, 15) is 27.6 Å². The Morgan fingerprint density at radius 2 is 0.906 bits per heavy atom. The molecule has 0 aromatic heterocycles. The molecule has 0 bridgehead atoms. The molecule has 0 aliphatic heterocycles. The van der Waals surface area contributed by atoms with Crippen LogP contribution in [-0.2, 0) is 48.0 Å². The minimum absolute atomic E-state index is 0.00617. The van der Waals surface area contributed by atoms with Crippen LogP contribution in [0.2, 0.25) is 0 Å². The second kappa shape index (κ2) is 16.5. The summed E-state index contributed by atoms with van der Waals surface area (Å²) in [5.41, 5.74) is -1.40. The maximum absolute atomic E-state index is 12.0. The van der Waals surface area contributed by atoms with E-state index in [1.807, 2.05) is 0 Å². The van der Waals surface area contributed by atoms with Gasteiger partial charge in [0.1, 0.15) is 41.7 Å². The summed E-state index contributed by atoms with van der Waals surface area (Å²) >= 11 is 11.9. The van der Waals surface area contributed by atoms with Gasteiger partial charge in [-0.05, 0) is 0 Å². The highest BCUT2D eigenvalue weighted by Crippen LogP contribution is 2.22. The van der Waals surface area contributed by atoms with E-state index < -0.39 is 57.9 Å². The third-order valence-corrected chi connectivity index (χ3v) is 5.40. The van der Waals surface area contributed by atoms with Gasteiger partial charge in [0.15, 0.2) is 0 Å². The van der Waals surface area contributed by atoms with Gasteiger partial charge in [0.25, 0.3) is 0 Å². The van der Waals surface area contributed by atoms with Crippen LogP contribution >= 0.6 is 37.9 Å². The molecule has 0 amide bonds. The van der Waals surface area contributed by atoms with Crippen molar-refractivity contribution >= 4 is 71.6 Å². The van der Waals surface area contributed by atoms with E-state index in [-0.39, 0.29) is 56.3 Å². The van der Waals surface area contributed by atoms with Crippen molar-refractivity contribution in [2.75, 3.05) is 55.7 Å². The van der Waals surface area contributed by atoms with E-state index in [4.69, 9.17) is 18.9 Å². The number of sulfone groups is 1. The minimum Gasteiger partial charge on any atom is -0.465 e. The van der Waals surface area contributed by atoms with Crippen molar-refractivity contribution in [2.24, 2.45) is 5.41 Å². The van der Waals surface area contributed by atoms with Crippen molar-refractivity contribution in [2.45, 2.75) is 25.7 Å². The molecule has 14 heteroatoms. The lowest BCUT2D eigenvalue weighted by Gasteiger charge is -2.31. The Hall–Kier alpha value is -1.12. The highest BCUT2D eigenvalue weighted by molar-refractivity contribution is 7.90. The first-order valence-corrected chi connectivity index (χ1v) is 13.6. The molecule has 0 aliphatic rings. The van der Waals surface area contributed by atoms with Crippen molar-refractivity contribution in [3.8, 4) is 0 Å². The lowest BCUT2D eigenvalue weighted by Crippen LogP contribution is -2.44. The summed E-state index contributed by atoms with van der Waals surface area (Å²) < 4.78 is 43.2. The van der Waals surface area contributed by atoms with Crippen LogP contribution in [-0.4, -0.2) is 88.0 Å². The molecule has 0 N–H and O–H groups in total. The second-order valence-electron chi connectivity index (χ2n) is 6.94. The quantitative estimate of drug-likeness (QED) is 0.138. The van der Waals surface area contributed by atoms with Crippen molar-refractivity contribution in [1.82, 2.24) is 0 Å². The third-order valence-electron chi connectivity index (χ3n) is 3.78. The van der Waals surface area contributed by atoms with Crippen LogP contribution in [0.3, 0.4) is 0 Å². The average Bonchev–Trinajstić information content (AvgIpc) is 2.71. The van der Waals surface area contributed by atoms with Crippen LogP contribution in [0.15, 0.2) is 0 Å². The first kappa shape index (κ1) is 30.9. The summed E-state index contributed by atoms with van der Waals surface area (Å²) in [7, 11) is -3.39. The van der Waals surface area contributed by atoms with Gasteiger partial charge in [-0.2, -0.15) is 37.9 Å². The lowest BCUT2D eigenvalue weighted by atomic mass is 9.92. The summed E-state index contributed by atoms with van der Waals surface area (Å²) in [5.74, 6) is -2.34. The van der Waals surface area contributed by atoms with Crippen LogP contribution in [0, 0.1) is 5.41 Å². The molecule has 0 saturated heterocycles. The van der Waals surface area contributed by atoms with Crippen LogP contribution in [0.5, 0.6) is 0 Å². The Kier molecular flexibility index (Phi) is 15.9. The van der Waals surface area contributed by atoms with E-state index in [0.29, 0.717) is 0 Å². The van der Waals surface area contributed by atoms with Crippen LogP contribution in [0.25, 0.3) is 0 Å². The Morgan fingerprint density at radius 3 is 1.16 bits per heavy atom. The third kappa shape index (κ3) is 15.6. The molecule has 0 unspecified atom stereocenters. The molecule has 0 saturated carbocycles. The minimum atomic E-state index is -3.39. The molecule has 0 spiro atoms. The summed E-state index contributed by atoms with van der Waals surface area (Å²) in [6.07, 6.45) is 0.602. The monoisotopic (exact) mass is 534 g/mol.